The van der Waals surface area contributed by atoms with Gasteiger partial charge in [-0.05, 0) is 31.4 Å². The number of thiophene rings is 1. The van der Waals surface area contributed by atoms with Gasteiger partial charge in [-0.25, -0.2) is 0 Å². The molecule has 1 N–H and O–H groups in total. The van der Waals surface area contributed by atoms with E-state index in [0.29, 0.717) is 0 Å². The molecule has 0 amide bonds. The molecule has 0 aliphatic rings. The van der Waals surface area contributed by atoms with E-state index >= 15 is 0 Å². The quantitative estimate of drug-likeness (QED) is 0.864. The number of aryl methyl sites for hydroxylation is 1. The molecule has 0 aromatic carbocycles. The van der Waals surface area contributed by atoms with E-state index in [-0.39, 0.29) is 39.3 Å². The molecule has 0 spiro atoms. The van der Waals surface area contributed by atoms with Crippen molar-refractivity contribution < 1.29 is 37.8 Å². The molecule has 0 aliphatic carbocycles. The molecule has 1 rings (SSSR count). The van der Waals surface area contributed by atoms with Gasteiger partial charge < -0.3 is 5.11 Å². The molecular formula is C9H14OSY. The van der Waals surface area contributed by atoms with Crippen molar-refractivity contribution in [2.45, 2.75) is 33.8 Å². The van der Waals surface area contributed by atoms with Crippen molar-refractivity contribution >= 4 is 11.3 Å². The Hall–Kier alpha value is 0.764. The van der Waals surface area contributed by atoms with E-state index in [1.807, 2.05) is 0 Å². The molecule has 1 aromatic rings. The van der Waals surface area contributed by atoms with Gasteiger partial charge in [-0.15, -0.1) is 11.3 Å². The first kappa shape index (κ1) is 12.8. The second kappa shape index (κ2) is 5.48. The van der Waals surface area contributed by atoms with Crippen LogP contribution in [0.4, 0.5) is 0 Å². The molecule has 1 radical (unpaired) electrons. The van der Waals surface area contributed by atoms with Crippen LogP contribution in [0.3, 0.4) is 0 Å². The molecule has 0 aliphatic heterocycles. The molecule has 12 heavy (non-hydrogen) atoms. The average Bonchev–Trinajstić information content (AvgIpc) is 2.30. The van der Waals surface area contributed by atoms with E-state index < -0.39 is 0 Å². The maximum atomic E-state index is 8.96. The molecule has 3 heteroatoms. The maximum absolute atomic E-state index is 8.96. The van der Waals surface area contributed by atoms with Crippen molar-refractivity contribution in [3.8, 4) is 0 Å². The number of aliphatic hydroxyl groups excluding tert-OH is 1. The second-order valence-corrected chi connectivity index (χ2v) is 3.90. The molecule has 65 valence electrons. The van der Waals surface area contributed by atoms with Crippen LogP contribution in [0, 0.1) is 13.8 Å². The summed E-state index contributed by atoms with van der Waals surface area (Å²) in [5.41, 5.74) is 2.64. The molecule has 0 saturated heterocycles. The first-order valence-electron chi connectivity index (χ1n) is 3.89. The summed E-state index contributed by atoms with van der Waals surface area (Å²) in [4.78, 5) is 2.53. The molecule has 0 atom stereocenters. The van der Waals surface area contributed by atoms with Crippen molar-refractivity contribution in [2.75, 3.05) is 0 Å². The van der Waals surface area contributed by atoms with E-state index in [4.69, 9.17) is 5.11 Å². The first-order chi connectivity index (χ1) is 5.20. The van der Waals surface area contributed by atoms with Gasteiger partial charge in [0.2, 0.25) is 0 Å². The number of aliphatic hydroxyl groups is 1. The number of hydrogen-bond acceptors (Lipinski definition) is 2. The van der Waals surface area contributed by atoms with Crippen molar-refractivity contribution in [3.05, 3.63) is 20.9 Å². The predicted molar refractivity (Wildman–Crippen MR) is 49.1 cm³/mol. The van der Waals surface area contributed by atoms with Crippen LogP contribution in [0.25, 0.3) is 0 Å². The fourth-order valence-electron chi connectivity index (χ4n) is 1.21. The number of hydrogen-bond donors (Lipinski definition) is 1. The Balaban J connectivity index is 0.00000121. The Morgan fingerprint density at radius 2 is 1.67 bits per heavy atom. The summed E-state index contributed by atoms with van der Waals surface area (Å²) in [6.07, 6.45) is 1.08. The van der Waals surface area contributed by atoms with Crippen LogP contribution in [0.1, 0.15) is 27.8 Å². The van der Waals surface area contributed by atoms with Gasteiger partial charge in [0, 0.05) is 42.5 Å². The van der Waals surface area contributed by atoms with E-state index in [1.165, 1.54) is 16.0 Å². The predicted octanol–water partition coefficient (Wildman–Crippen LogP) is 2.42. The summed E-state index contributed by atoms with van der Waals surface area (Å²) in [6.45, 7) is 6.55. The molecule has 0 fully saturated rings. The minimum atomic E-state index is 0. The van der Waals surface area contributed by atoms with E-state index in [2.05, 4.69) is 20.8 Å². The molecule has 1 nitrogen and oxygen atoms in total. The minimum absolute atomic E-state index is 0. The van der Waals surface area contributed by atoms with Gasteiger partial charge in [-0.2, -0.15) is 0 Å². The zero-order chi connectivity index (χ0) is 8.43. The van der Waals surface area contributed by atoms with Gasteiger partial charge in [-0.3, -0.25) is 0 Å². The summed E-state index contributed by atoms with van der Waals surface area (Å²) in [5.74, 6) is 0. The van der Waals surface area contributed by atoms with Crippen molar-refractivity contribution in [1.29, 1.82) is 0 Å². The van der Waals surface area contributed by atoms with Crippen LogP contribution in [0.15, 0.2) is 0 Å². The standard InChI is InChI=1S/C9H14OS.Y/c1-4-8-6(2)7(3)9(5-10)11-8;/h10H,4-5H2,1-3H3;. The molecule has 0 bridgehead atoms. The zero-order valence-electron chi connectivity index (χ0n) is 7.85. The van der Waals surface area contributed by atoms with E-state index in [1.54, 1.807) is 11.3 Å². The SMILES string of the molecule is CCc1sc(CO)c(C)c1C.[Y]. The van der Waals surface area contributed by atoms with Gasteiger partial charge in [0.25, 0.3) is 0 Å². The Morgan fingerprint density at radius 3 is 1.92 bits per heavy atom. The van der Waals surface area contributed by atoms with Crippen LogP contribution >= 0.6 is 11.3 Å². The van der Waals surface area contributed by atoms with Crippen LogP contribution in [-0.4, -0.2) is 5.11 Å². The topological polar surface area (TPSA) is 20.2 Å². The fraction of sp³-hybridized carbons (Fsp3) is 0.556. The van der Waals surface area contributed by atoms with Gasteiger partial charge >= 0.3 is 0 Å². The fourth-order valence-corrected chi connectivity index (χ4v) is 2.33. The summed E-state index contributed by atoms with van der Waals surface area (Å²) in [7, 11) is 0. The van der Waals surface area contributed by atoms with Crippen LogP contribution in [0.2, 0.25) is 0 Å². The largest absolute Gasteiger partial charge is 0.391 e. The summed E-state index contributed by atoms with van der Waals surface area (Å²) in [6, 6.07) is 0. The third-order valence-electron chi connectivity index (χ3n) is 2.11. The van der Waals surface area contributed by atoms with Crippen molar-refractivity contribution in [1.82, 2.24) is 0 Å². The van der Waals surface area contributed by atoms with Crippen LogP contribution in [-0.2, 0) is 45.7 Å². The van der Waals surface area contributed by atoms with Crippen molar-refractivity contribution in [2.24, 2.45) is 0 Å². The van der Waals surface area contributed by atoms with E-state index in [9.17, 15) is 0 Å². The Kier molecular flexibility index (Phi) is 5.83. The van der Waals surface area contributed by atoms with Gasteiger partial charge in [0.15, 0.2) is 0 Å². The normalized spacial score (nSPS) is 9.67. The molecule has 0 unspecified atom stereocenters. The second-order valence-electron chi connectivity index (χ2n) is 2.71. The molecule has 1 heterocycles. The van der Waals surface area contributed by atoms with Gasteiger partial charge in [0.05, 0.1) is 6.61 Å². The average molecular weight is 259 g/mol. The van der Waals surface area contributed by atoms with Gasteiger partial charge in [0.1, 0.15) is 0 Å². The monoisotopic (exact) mass is 259 g/mol. The van der Waals surface area contributed by atoms with Crippen LogP contribution in [0.5, 0.6) is 0 Å². The maximum Gasteiger partial charge on any atom is 0.0777 e. The Labute approximate surface area is 103 Å². The smallest absolute Gasteiger partial charge is 0.0777 e. The number of rotatable bonds is 2. The molecule has 0 saturated carbocycles. The van der Waals surface area contributed by atoms with Crippen LogP contribution < -0.4 is 0 Å². The van der Waals surface area contributed by atoms with Gasteiger partial charge in [-0.1, -0.05) is 6.92 Å². The third-order valence-corrected chi connectivity index (χ3v) is 3.63. The Bertz CT molecular complexity index is 231. The zero-order valence-corrected chi connectivity index (χ0v) is 11.5. The molecule has 1 aromatic heterocycles. The van der Waals surface area contributed by atoms with Crippen molar-refractivity contribution in [3.63, 3.8) is 0 Å². The first-order valence-corrected chi connectivity index (χ1v) is 4.71. The molecular weight excluding hydrogens is 245 g/mol. The summed E-state index contributed by atoms with van der Waals surface area (Å²) >= 11 is 1.74. The third kappa shape index (κ3) is 2.38. The minimum Gasteiger partial charge on any atom is -0.391 e. The summed E-state index contributed by atoms with van der Waals surface area (Å²) in [5, 5.41) is 8.96. The van der Waals surface area contributed by atoms with E-state index in [0.717, 1.165) is 11.3 Å². The Morgan fingerprint density at radius 1 is 1.17 bits per heavy atom. The summed E-state index contributed by atoms with van der Waals surface area (Å²) < 4.78 is 0.